The minimum absolute atomic E-state index is 0.117. The van der Waals surface area contributed by atoms with Gasteiger partial charge in [0.05, 0.1) is 16.8 Å². The largest absolute Gasteiger partial charge is 0.228 e. The summed E-state index contributed by atoms with van der Waals surface area (Å²) in [6.07, 6.45) is 0. The first-order chi connectivity index (χ1) is 30.5. The third-order valence-corrected chi connectivity index (χ3v) is 13.6. The Labute approximate surface area is 362 Å². The fourth-order valence-electron chi connectivity index (χ4n) is 10.8. The van der Waals surface area contributed by atoms with E-state index in [0.29, 0.717) is 5.82 Å². The summed E-state index contributed by atoms with van der Waals surface area (Å²) in [5.74, 6) is 0.714. The Bertz CT molecular complexity index is 3330. The molecule has 0 bridgehead atoms. The van der Waals surface area contributed by atoms with Crippen molar-refractivity contribution < 1.29 is 0 Å². The van der Waals surface area contributed by atoms with E-state index in [1.165, 1.54) is 72.1 Å². The lowest BCUT2D eigenvalue weighted by Gasteiger charge is -2.34. The maximum Gasteiger partial charge on any atom is 0.160 e. The summed E-state index contributed by atoms with van der Waals surface area (Å²) >= 11 is 0. The van der Waals surface area contributed by atoms with Crippen LogP contribution >= 0.6 is 0 Å². The molecule has 12 rings (SSSR count). The predicted octanol–water partition coefficient (Wildman–Crippen LogP) is 15.0. The van der Waals surface area contributed by atoms with Crippen LogP contribution in [-0.2, 0) is 10.8 Å². The zero-order chi connectivity index (χ0) is 41.4. The van der Waals surface area contributed by atoms with Gasteiger partial charge in [0.2, 0.25) is 0 Å². The first-order valence-corrected chi connectivity index (χ1v) is 21.6. The first-order valence-electron chi connectivity index (χ1n) is 21.6. The Kier molecular flexibility index (Phi) is 8.14. The quantitative estimate of drug-likeness (QED) is 0.168. The van der Waals surface area contributed by atoms with E-state index in [9.17, 15) is 0 Å². The number of hydrogen-bond donors (Lipinski definition) is 0. The summed E-state index contributed by atoms with van der Waals surface area (Å²) in [7, 11) is 0. The molecular formula is C60H42N2. The van der Waals surface area contributed by atoms with E-state index >= 15 is 0 Å². The van der Waals surface area contributed by atoms with Crippen LogP contribution < -0.4 is 0 Å². The third-order valence-electron chi connectivity index (χ3n) is 13.6. The van der Waals surface area contributed by atoms with Crippen molar-refractivity contribution in [2.24, 2.45) is 0 Å². The van der Waals surface area contributed by atoms with Crippen molar-refractivity contribution in [3.63, 3.8) is 0 Å². The van der Waals surface area contributed by atoms with E-state index in [2.05, 4.69) is 226 Å². The molecule has 1 heterocycles. The second kappa shape index (κ2) is 13.9. The molecule has 2 heteroatoms. The predicted molar refractivity (Wildman–Crippen MR) is 256 cm³/mol. The van der Waals surface area contributed by atoms with Crippen LogP contribution in [-0.4, -0.2) is 9.97 Å². The number of fused-ring (bicyclic) bond motifs is 7. The molecule has 0 unspecified atom stereocenters. The van der Waals surface area contributed by atoms with E-state index in [0.717, 1.165) is 33.5 Å². The van der Waals surface area contributed by atoms with Crippen molar-refractivity contribution in [3.8, 4) is 67.3 Å². The van der Waals surface area contributed by atoms with Gasteiger partial charge in [-0.1, -0.05) is 220 Å². The van der Waals surface area contributed by atoms with Gasteiger partial charge in [0, 0.05) is 22.1 Å². The molecule has 0 saturated carbocycles. The number of benzene rings is 9. The van der Waals surface area contributed by atoms with Crippen molar-refractivity contribution in [2.45, 2.75) is 24.7 Å². The number of hydrogen-bond acceptors (Lipinski definition) is 2. The topological polar surface area (TPSA) is 25.8 Å². The highest BCUT2D eigenvalue weighted by Crippen LogP contribution is 2.57. The summed E-state index contributed by atoms with van der Waals surface area (Å²) in [5, 5.41) is 2.34. The molecule has 62 heavy (non-hydrogen) atoms. The molecule has 0 saturated heterocycles. The fourth-order valence-corrected chi connectivity index (χ4v) is 10.8. The minimum atomic E-state index is -0.473. The number of nitrogens with zero attached hydrogens (tertiary/aromatic N) is 2. The lowest BCUT2D eigenvalue weighted by Crippen LogP contribution is -2.28. The molecule has 0 amide bonds. The normalized spacial score (nSPS) is 13.9. The zero-order valence-electron chi connectivity index (χ0n) is 34.7. The van der Waals surface area contributed by atoms with Crippen molar-refractivity contribution in [1.82, 2.24) is 9.97 Å². The summed E-state index contributed by atoms with van der Waals surface area (Å²) < 4.78 is 0. The highest BCUT2D eigenvalue weighted by atomic mass is 14.9. The van der Waals surface area contributed by atoms with Crippen LogP contribution in [0, 0.1) is 0 Å². The molecule has 0 atom stereocenters. The van der Waals surface area contributed by atoms with E-state index in [4.69, 9.17) is 9.97 Å². The van der Waals surface area contributed by atoms with Crippen LogP contribution in [0.4, 0.5) is 0 Å². The van der Waals surface area contributed by atoms with Gasteiger partial charge in [0.25, 0.3) is 0 Å². The summed E-state index contributed by atoms with van der Waals surface area (Å²) in [6, 6.07) is 79.7. The van der Waals surface area contributed by atoms with Crippen LogP contribution in [0.2, 0.25) is 0 Å². The molecular weight excluding hydrogens is 749 g/mol. The van der Waals surface area contributed by atoms with Crippen molar-refractivity contribution in [2.75, 3.05) is 0 Å². The van der Waals surface area contributed by atoms with Gasteiger partial charge < -0.3 is 0 Å². The third kappa shape index (κ3) is 5.29. The van der Waals surface area contributed by atoms with Crippen LogP contribution in [0.1, 0.15) is 47.2 Å². The highest BCUT2D eigenvalue weighted by Gasteiger charge is 2.46. The Balaban J connectivity index is 1.06. The first kappa shape index (κ1) is 36.2. The zero-order valence-corrected chi connectivity index (χ0v) is 34.7. The molecule has 9 aromatic carbocycles. The Morgan fingerprint density at radius 1 is 0.323 bits per heavy atom. The van der Waals surface area contributed by atoms with E-state index in [1.54, 1.807) is 0 Å². The average Bonchev–Trinajstić information content (AvgIpc) is 3.77. The highest BCUT2D eigenvalue weighted by molar-refractivity contribution is 6.05. The van der Waals surface area contributed by atoms with Gasteiger partial charge in [-0.25, -0.2) is 9.97 Å². The van der Waals surface area contributed by atoms with E-state index < -0.39 is 5.41 Å². The molecule has 2 aliphatic carbocycles. The van der Waals surface area contributed by atoms with Gasteiger partial charge in [0.15, 0.2) is 5.82 Å². The maximum atomic E-state index is 5.36. The number of rotatable bonds is 6. The van der Waals surface area contributed by atoms with Crippen LogP contribution in [0.5, 0.6) is 0 Å². The molecule has 0 N–H and O–H groups in total. The van der Waals surface area contributed by atoms with Gasteiger partial charge in [-0.05, 0) is 89.7 Å². The minimum Gasteiger partial charge on any atom is -0.228 e. The molecule has 10 aromatic rings. The van der Waals surface area contributed by atoms with Crippen LogP contribution in [0.25, 0.3) is 78.1 Å². The van der Waals surface area contributed by atoms with Crippen molar-refractivity contribution in [3.05, 3.63) is 252 Å². The Morgan fingerprint density at radius 3 is 1.53 bits per heavy atom. The van der Waals surface area contributed by atoms with Gasteiger partial charge >= 0.3 is 0 Å². The monoisotopic (exact) mass is 790 g/mol. The molecule has 0 spiro atoms. The molecule has 2 aliphatic rings. The SMILES string of the molecule is CC1(C)c2ccccc2-c2c(-c3cc(-c4ccc(-c5ccc6c(c5)C(c5ccccc5)(c5ccccc5)c5ccccc5-6)c5ccccc45)nc(-c4ccccc4)n3)cccc21. The van der Waals surface area contributed by atoms with E-state index in [-0.39, 0.29) is 5.41 Å². The van der Waals surface area contributed by atoms with Crippen LogP contribution in [0.3, 0.4) is 0 Å². The van der Waals surface area contributed by atoms with Gasteiger partial charge in [-0.15, -0.1) is 0 Å². The molecule has 292 valence electrons. The molecule has 0 radical (unpaired) electrons. The standard InChI is InChI=1S/C60H42N2/c1-59(2)51-30-16-15-28-49(51)57-50(29-18-32-53(57)59)56-38-55(61-58(62-56)39-19-6-3-7-20-39)48-36-35-43(44-25-12-13-26-45(44)48)40-33-34-47-46-27-14-17-31-52(46)60(54(47)37-40,41-21-8-4-9-22-41)42-23-10-5-11-24-42/h3-38H,1-2H3. The summed E-state index contributed by atoms with van der Waals surface area (Å²) in [5.41, 5.74) is 19.7. The Hall–Kier alpha value is -7.68. The van der Waals surface area contributed by atoms with Gasteiger partial charge in [-0.2, -0.15) is 0 Å². The van der Waals surface area contributed by atoms with Crippen LogP contribution in [0.15, 0.2) is 218 Å². The fraction of sp³-hybridized carbons (Fsp3) is 0.0667. The average molecular weight is 791 g/mol. The molecule has 2 nitrogen and oxygen atoms in total. The second-order valence-electron chi connectivity index (χ2n) is 17.2. The summed E-state index contributed by atoms with van der Waals surface area (Å²) in [6.45, 7) is 4.66. The van der Waals surface area contributed by atoms with Crippen molar-refractivity contribution in [1.29, 1.82) is 0 Å². The molecule has 0 fully saturated rings. The van der Waals surface area contributed by atoms with E-state index in [1.807, 2.05) is 6.07 Å². The van der Waals surface area contributed by atoms with Gasteiger partial charge in [0.1, 0.15) is 0 Å². The second-order valence-corrected chi connectivity index (χ2v) is 17.2. The lowest BCUT2D eigenvalue weighted by atomic mass is 9.67. The Morgan fingerprint density at radius 2 is 0.823 bits per heavy atom. The molecule has 0 aliphatic heterocycles. The molecule has 1 aromatic heterocycles. The van der Waals surface area contributed by atoms with Crippen molar-refractivity contribution >= 4 is 10.8 Å². The maximum absolute atomic E-state index is 5.36. The number of aromatic nitrogens is 2. The van der Waals surface area contributed by atoms with Gasteiger partial charge in [-0.3, -0.25) is 0 Å². The lowest BCUT2D eigenvalue weighted by molar-refractivity contribution is 0.660. The summed E-state index contributed by atoms with van der Waals surface area (Å²) in [4.78, 5) is 10.7. The smallest absolute Gasteiger partial charge is 0.160 e.